The van der Waals surface area contributed by atoms with Crippen LogP contribution in [0.2, 0.25) is 0 Å². The standard InChI is InChI=1S/C13H25N5/c1-11(2)5-3-7-15-12-9-13(18-10-17-12)16-8-4-6-14/h9-11H,3-8,14H2,1-2H3,(H2,15,16,17,18). The van der Waals surface area contributed by atoms with Gasteiger partial charge in [0.2, 0.25) is 0 Å². The first-order valence-electron chi connectivity index (χ1n) is 6.72. The fourth-order valence-corrected chi connectivity index (χ4v) is 1.60. The largest absolute Gasteiger partial charge is 0.370 e. The molecule has 0 radical (unpaired) electrons. The topological polar surface area (TPSA) is 75.9 Å². The van der Waals surface area contributed by atoms with E-state index in [0.717, 1.165) is 43.5 Å². The van der Waals surface area contributed by atoms with Crippen molar-refractivity contribution in [2.45, 2.75) is 33.1 Å². The first-order valence-corrected chi connectivity index (χ1v) is 6.72. The van der Waals surface area contributed by atoms with Gasteiger partial charge in [-0.05, 0) is 31.7 Å². The average molecular weight is 251 g/mol. The van der Waals surface area contributed by atoms with E-state index in [2.05, 4.69) is 34.4 Å². The summed E-state index contributed by atoms with van der Waals surface area (Å²) in [7, 11) is 0. The van der Waals surface area contributed by atoms with Crippen LogP contribution >= 0.6 is 0 Å². The molecule has 0 bridgehead atoms. The van der Waals surface area contributed by atoms with Crippen LogP contribution in [0.25, 0.3) is 0 Å². The smallest absolute Gasteiger partial charge is 0.131 e. The van der Waals surface area contributed by atoms with Crippen LogP contribution in [0.1, 0.15) is 33.1 Å². The summed E-state index contributed by atoms with van der Waals surface area (Å²) in [6.07, 6.45) is 4.92. The molecule has 0 atom stereocenters. The van der Waals surface area contributed by atoms with E-state index in [1.165, 1.54) is 6.42 Å². The fourth-order valence-electron chi connectivity index (χ4n) is 1.60. The highest BCUT2D eigenvalue weighted by atomic mass is 15.1. The SMILES string of the molecule is CC(C)CCCNc1cc(NCCCN)ncn1. The lowest BCUT2D eigenvalue weighted by Crippen LogP contribution is -2.10. The quantitative estimate of drug-likeness (QED) is 0.586. The molecule has 5 nitrogen and oxygen atoms in total. The second-order valence-corrected chi connectivity index (χ2v) is 4.82. The van der Waals surface area contributed by atoms with Gasteiger partial charge in [-0.15, -0.1) is 0 Å². The molecule has 0 amide bonds. The summed E-state index contributed by atoms with van der Waals surface area (Å²) < 4.78 is 0. The molecule has 0 aliphatic rings. The van der Waals surface area contributed by atoms with E-state index in [-0.39, 0.29) is 0 Å². The Bertz CT molecular complexity index is 327. The van der Waals surface area contributed by atoms with Gasteiger partial charge in [-0.2, -0.15) is 0 Å². The zero-order valence-electron chi connectivity index (χ0n) is 11.4. The maximum absolute atomic E-state index is 5.44. The Morgan fingerprint density at radius 2 is 1.72 bits per heavy atom. The number of nitrogens with two attached hydrogens (primary N) is 1. The molecule has 0 aliphatic carbocycles. The van der Waals surface area contributed by atoms with Crippen LogP contribution < -0.4 is 16.4 Å². The number of rotatable bonds is 9. The molecule has 0 spiro atoms. The Hall–Kier alpha value is -1.36. The highest BCUT2D eigenvalue weighted by Gasteiger charge is 1.98. The minimum atomic E-state index is 0.693. The molecule has 4 N–H and O–H groups in total. The van der Waals surface area contributed by atoms with Gasteiger partial charge < -0.3 is 16.4 Å². The van der Waals surface area contributed by atoms with Crippen molar-refractivity contribution in [3.05, 3.63) is 12.4 Å². The summed E-state index contributed by atoms with van der Waals surface area (Å²) in [4.78, 5) is 8.36. The normalized spacial score (nSPS) is 10.7. The van der Waals surface area contributed by atoms with E-state index in [1.807, 2.05) is 6.07 Å². The first kappa shape index (κ1) is 14.7. The summed E-state index contributed by atoms with van der Waals surface area (Å²) in [5.41, 5.74) is 5.44. The van der Waals surface area contributed by atoms with Crippen molar-refractivity contribution in [1.82, 2.24) is 9.97 Å². The highest BCUT2D eigenvalue weighted by molar-refractivity contribution is 5.46. The van der Waals surface area contributed by atoms with E-state index >= 15 is 0 Å². The summed E-state index contributed by atoms with van der Waals surface area (Å²) in [5.74, 6) is 2.49. The van der Waals surface area contributed by atoms with Gasteiger partial charge in [0, 0.05) is 19.2 Å². The van der Waals surface area contributed by atoms with Gasteiger partial charge in [0.05, 0.1) is 0 Å². The molecular formula is C13H25N5. The lowest BCUT2D eigenvalue weighted by Gasteiger charge is -2.09. The number of anilines is 2. The van der Waals surface area contributed by atoms with Gasteiger partial charge in [-0.25, -0.2) is 9.97 Å². The van der Waals surface area contributed by atoms with Gasteiger partial charge >= 0.3 is 0 Å². The lowest BCUT2D eigenvalue weighted by molar-refractivity contribution is 0.566. The van der Waals surface area contributed by atoms with Crippen LogP contribution in [-0.2, 0) is 0 Å². The Balaban J connectivity index is 2.30. The minimum absolute atomic E-state index is 0.693. The molecule has 1 rings (SSSR count). The van der Waals surface area contributed by atoms with Crippen molar-refractivity contribution in [3.8, 4) is 0 Å². The predicted octanol–water partition coefficient (Wildman–Crippen LogP) is 2.09. The monoisotopic (exact) mass is 251 g/mol. The van der Waals surface area contributed by atoms with Crippen LogP contribution in [-0.4, -0.2) is 29.6 Å². The third kappa shape index (κ3) is 6.39. The molecule has 0 saturated heterocycles. The highest BCUT2D eigenvalue weighted by Crippen LogP contribution is 2.09. The molecule has 1 aromatic heterocycles. The average Bonchev–Trinajstić information content (AvgIpc) is 2.35. The Labute approximate surface area is 110 Å². The van der Waals surface area contributed by atoms with Gasteiger partial charge in [0.25, 0.3) is 0 Å². The zero-order valence-corrected chi connectivity index (χ0v) is 11.4. The van der Waals surface area contributed by atoms with E-state index in [9.17, 15) is 0 Å². The van der Waals surface area contributed by atoms with Crippen LogP contribution in [0.15, 0.2) is 12.4 Å². The van der Waals surface area contributed by atoms with Crippen molar-refractivity contribution in [2.24, 2.45) is 11.7 Å². The number of nitrogens with zero attached hydrogens (tertiary/aromatic N) is 2. The fraction of sp³-hybridized carbons (Fsp3) is 0.692. The van der Waals surface area contributed by atoms with E-state index in [0.29, 0.717) is 6.54 Å². The zero-order chi connectivity index (χ0) is 13.2. The number of hydrogen-bond donors (Lipinski definition) is 3. The van der Waals surface area contributed by atoms with Gasteiger partial charge in [-0.3, -0.25) is 0 Å². The third-order valence-electron chi connectivity index (χ3n) is 2.62. The van der Waals surface area contributed by atoms with Gasteiger partial charge in [0.1, 0.15) is 18.0 Å². The summed E-state index contributed by atoms with van der Waals surface area (Å²) in [6, 6.07) is 1.94. The maximum Gasteiger partial charge on any atom is 0.131 e. The van der Waals surface area contributed by atoms with Crippen molar-refractivity contribution in [3.63, 3.8) is 0 Å². The molecular weight excluding hydrogens is 226 g/mol. The molecule has 0 saturated carbocycles. The molecule has 0 aliphatic heterocycles. The minimum Gasteiger partial charge on any atom is -0.370 e. The molecule has 18 heavy (non-hydrogen) atoms. The Kier molecular flexibility index (Phi) is 7.10. The Morgan fingerprint density at radius 1 is 1.11 bits per heavy atom. The summed E-state index contributed by atoms with van der Waals surface area (Å²) in [6.45, 7) is 6.98. The molecule has 102 valence electrons. The summed E-state index contributed by atoms with van der Waals surface area (Å²) in [5, 5.41) is 6.54. The number of hydrogen-bond acceptors (Lipinski definition) is 5. The maximum atomic E-state index is 5.44. The van der Waals surface area contributed by atoms with Gasteiger partial charge in [0.15, 0.2) is 0 Å². The van der Waals surface area contributed by atoms with E-state index in [4.69, 9.17) is 5.73 Å². The lowest BCUT2D eigenvalue weighted by atomic mass is 10.1. The number of aromatic nitrogens is 2. The van der Waals surface area contributed by atoms with Crippen molar-refractivity contribution >= 4 is 11.6 Å². The van der Waals surface area contributed by atoms with Crippen LogP contribution in [0.4, 0.5) is 11.6 Å². The molecule has 0 aromatic carbocycles. The van der Waals surface area contributed by atoms with Gasteiger partial charge in [-0.1, -0.05) is 13.8 Å². The van der Waals surface area contributed by atoms with E-state index < -0.39 is 0 Å². The Morgan fingerprint density at radius 3 is 2.28 bits per heavy atom. The van der Waals surface area contributed by atoms with Crippen molar-refractivity contribution < 1.29 is 0 Å². The van der Waals surface area contributed by atoms with Crippen LogP contribution in [0.5, 0.6) is 0 Å². The molecule has 0 unspecified atom stereocenters. The third-order valence-corrected chi connectivity index (χ3v) is 2.62. The second kappa shape index (κ2) is 8.69. The first-order chi connectivity index (χ1) is 8.72. The van der Waals surface area contributed by atoms with Crippen molar-refractivity contribution in [2.75, 3.05) is 30.3 Å². The summed E-state index contributed by atoms with van der Waals surface area (Å²) >= 11 is 0. The van der Waals surface area contributed by atoms with Crippen LogP contribution in [0, 0.1) is 5.92 Å². The molecule has 5 heteroatoms. The van der Waals surface area contributed by atoms with E-state index in [1.54, 1.807) is 6.33 Å². The van der Waals surface area contributed by atoms with Crippen molar-refractivity contribution in [1.29, 1.82) is 0 Å². The second-order valence-electron chi connectivity index (χ2n) is 4.82. The van der Waals surface area contributed by atoms with Crippen LogP contribution in [0.3, 0.4) is 0 Å². The molecule has 1 aromatic rings. The molecule has 1 heterocycles. The predicted molar refractivity (Wildman–Crippen MR) is 76.8 cm³/mol. The molecule has 0 fully saturated rings. The number of nitrogens with one attached hydrogen (secondary N) is 2.